The molecule has 4 nitrogen and oxygen atoms in total. The van der Waals surface area contributed by atoms with Gasteiger partial charge in [0, 0.05) is 16.4 Å². The van der Waals surface area contributed by atoms with E-state index in [0.717, 1.165) is 5.69 Å². The van der Waals surface area contributed by atoms with Crippen molar-refractivity contribution in [1.82, 2.24) is 9.97 Å². The zero-order valence-corrected chi connectivity index (χ0v) is 9.90. The normalized spacial score (nSPS) is 10.0. The number of nitrogens with one attached hydrogen (secondary N) is 1. The molecule has 1 N–H and O–H groups in total. The van der Waals surface area contributed by atoms with Crippen LogP contribution >= 0.6 is 11.6 Å². The summed E-state index contributed by atoms with van der Waals surface area (Å²) < 4.78 is 0. The second kappa shape index (κ2) is 4.93. The molecule has 1 heterocycles. The van der Waals surface area contributed by atoms with Gasteiger partial charge in [-0.15, -0.1) is 0 Å². The lowest BCUT2D eigenvalue weighted by atomic mass is 10.3. The van der Waals surface area contributed by atoms with Crippen molar-refractivity contribution in [2.24, 2.45) is 0 Å². The number of hydrogen-bond acceptors (Lipinski definition) is 3. The van der Waals surface area contributed by atoms with E-state index in [2.05, 4.69) is 15.3 Å². The third-order valence-electron chi connectivity index (χ3n) is 2.12. The minimum atomic E-state index is -0.280. The highest BCUT2D eigenvalue weighted by Crippen LogP contribution is 2.15. The van der Waals surface area contributed by atoms with E-state index in [1.807, 2.05) is 0 Å². The number of nitrogens with zero attached hydrogens (tertiary/aromatic N) is 2. The predicted molar refractivity (Wildman–Crippen MR) is 66.2 cm³/mol. The van der Waals surface area contributed by atoms with E-state index in [0.29, 0.717) is 16.4 Å². The van der Waals surface area contributed by atoms with E-state index in [-0.39, 0.29) is 5.91 Å². The highest BCUT2D eigenvalue weighted by Gasteiger charge is 2.07. The van der Waals surface area contributed by atoms with Crippen molar-refractivity contribution in [3.8, 4) is 0 Å². The van der Waals surface area contributed by atoms with Crippen LogP contribution in [0.15, 0.2) is 36.7 Å². The van der Waals surface area contributed by atoms with E-state index in [1.54, 1.807) is 37.3 Å². The van der Waals surface area contributed by atoms with Crippen molar-refractivity contribution in [3.63, 3.8) is 0 Å². The lowest BCUT2D eigenvalue weighted by molar-refractivity contribution is 0.102. The first kappa shape index (κ1) is 11.5. The SMILES string of the molecule is Cc1cc(C(=O)Nc2cccc(Cl)c2)ncn1. The van der Waals surface area contributed by atoms with Gasteiger partial charge in [-0.3, -0.25) is 4.79 Å². The van der Waals surface area contributed by atoms with Gasteiger partial charge in [0.25, 0.3) is 5.91 Å². The first-order chi connectivity index (χ1) is 8.15. The molecular formula is C12H10ClN3O. The number of hydrogen-bond donors (Lipinski definition) is 1. The first-order valence-electron chi connectivity index (χ1n) is 5.01. The molecule has 2 rings (SSSR count). The Bertz CT molecular complexity index is 557. The minimum Gasteiger partial charge on any atom is -0.321 e. The van der Waals surface area contributed by atoms with Crippen molar-refractivity contribution < 1.29 is 4.79 Å². The van der Waals surface area contributed by atoms with Crippen LogP contribution in [0.5, 0.6) is 0 Å². The fraction of sp³-hybridized carbons (Fsp3) is 0.0833. The van der Waals surface area contributed by atoms with E-state index >= 15 is 0 Å². The van der Waals surface area contributed by atoms with Crippen molar-refractivity contribution in [3.05, 3.63) is 53.1 Å². The van der Waals surface area contributed by atoms with Crippen LogP contribution in [-0.2, 0) is 0 Å². The second-order valence-corrected chi connectivity index (χ2v) is 3.95. The molecule has 86 valence electrons. The molecule has 0 bridgehead atoms. The fourth-order valence-corrected chi connectivity index (χ4v) is 1.53. The summed E-state index contributed by atoms with van der Waals surface area (Å²) in [6.07, 6.45) is 1.36. The van der Waals surface area contributed by atoms with Crippen molar-refractivity contribution in [2.75, 3.05) is 5.32 Å². The number of aryl methyl sites for hydroxylation is 1. The van der Waals surface area contributed by atoms with Crippen LogP contribution in [0.4, 0.5) is 5.69 Å². The Balaban J connectivity index is 2.17. The van der Waals surface area contributed by atoms with Crippen LogP contribution in [0.1, 0.15) is 16.2 Å². The number of anilines is 1. The van der Waals surface area contributed by atoms with Gasteiger partial charge in [0.2, 0.25) is 0 Å². The van der Waals surface area contributed by atoms with Crippen LogP contribution in [0, 0.1) is 6.92 Å². The Kier molecular flexibility index (Phi) is 3.35. The molecule has 17 heavy (non-hydrogen) atoms. The molecule has 0 radical (unpaired) electrons. The van der Waals surface area contributed by atoms with Gasteiger partial charge in [-0.1, -0.05) is 17.7 Å². The largest absolute Gasteiger partial charge is 0.321 e. The minimum absolute atomic E-state index is 0.280. The summed E-state index contributed by atoms with van der Waals surface area (Å²) in [5.74, 6) is -0.280. The number of amides is 1. The summed E-state index contributed by atoms with van der Waals surface area (Å²) >= 11 is 5.82. The van der Waals surface area contributed by atoms with E-state index in [1.165, 1.54) is 6.33 Å². The number of benzene rings is 1. The van der Waals surface area contributed by atoms with Crippen molar-refractivity contribution in [1.29, 1.82) is 0 Å². The molecule has 0 aliphatic carbocycles. The first-order valence-corrected chi connectivity index (χ1v) is 5.38. The van der Waals surface area contributed by atoms with Gasteiger partial charge in [-0.05, 0) is 31.2 Å². The van der Waals surface area contributed by atoms with Gasteiger partial charge >= 0.3 is 0 Å². The molecule has 1 aromatic heterocycles. The van der Waals surface area contributed by atoms with Gasteiger partial charge in [-0.2, -0.15) is 0 Å². The van der Waals surface area contributed by atoms with Crippen molar-refractivity contribution >= 4 is 23.2 Å². The molecule has 0 fully saturated rings. The van der Waals surface area contributed by atoms with E-state index in [4.69, 9.17) is 11.6 Å². The standard InChI is InChI=1S/C12H10ClN3O/c1-8-5-11(15-7-14-8)12(17)16-10-4-2-3-9(13)6-10/h2-7H,1H3,(H,16,17). The molecule has 0 saturated heterocycles. The van der Waals surface area contributed by atoms with Crippen LogP contribution in [-0.4, -0.2) is 15.9 Å². The Morgan fingerprint density at radius 1 is 1.29 bits per heavy atom. The van der Waals surface area contributed by atoms with Gasteiger partial charge < -0.3 is 5.32 Å². The summed E-state index contributed by atoms with van der Waals surface area (Å²) in [5.41, 5.74) is 1.72. The lowest BCUT2D eigenvalue weighted by Crippen LogP contribution is -2.14. The van der Waals surface area contributed by atoms with Crippen molar-refractivity contribution in [2.45, 2.75) is 6.92 Å². The van der Waals surface area contributed by atoms with Crippen LogP contribution in [0.2, 0.25) is 5.02 Å². The topological polar surface area (TPSA) is 54.9 Å². The molecule has 5 heteroatoms. The summed E-state index contributed by atoms with van der Waals surface area (Å²) in [7, 11) is 0. The third-order valence-corrected chi connectivity index (χ3v) is 2.35. The smallest absolute Gasteiger partial charge is 0.274 e. The Morgan fingerprint density at radius 3 is 2.82 bits per heavy atom. The Morgan fingerprint density at radius 2 is 2.12 bits per heavy atom. The zero-order valence-electron chi connectivity index (χ0n) is 9.14. The maximum atomic E-state index is 11.8. The number of carbonyl (C=O) groups is 1. The van der Waals surface area contributed by atoms with Crippen LogP contribution in [0.3, 0.4) is 0 Å². The number of rotatable bonds is 2. The van der Waals surface area contributed by atoms with Gasteiger partial charge in [-0.25, -0.2) is 9.97 Å². The van der Waals surface area contributed by atoms with Crippen LogP contribution in [0.25, 0.3) is 0 Å². The summed E-state index contributed by atoms with van der Waals surface area (Å²) in [6.45, 7) is 1.80. The molecule has 0 aliphatic heterocycles. The lowest BCUT2D eigenvalue weighted by Gasteiger charge is -2.04. The fourth-order valence-electron chi connectivity index (χ4n) is 1.34. The molecule has 0 spiro atoms. The predicted octanol–water partition coefficient (Wildman–Crippen LogP) is 2.69. The number of aromatic nitrogens is 2. The molecular weight excluding hydrogens is 238 g/mol. The van der Waals surface area contributed by atoms with Crippen LogP contribution < -0.4 is 5.32 Å². The monoisotopic (exact) mass is 247 g/mol. The molecule has 1 amide bonds. The average molecular weight is 248 g/mol. The highest BCUT2D eigenvalue weighted by molar-refractivity contribution is 6.30. The van der Waals surface area contributed by atoms with E-state index in [9.17, 15) is 4.79 Å². The summed E-state index contributed by atoms with van der Waals surface area (Å²) in [4.78, 5) is 19.7. The maximum absolute atomic E-state index is 11.8. The quantitative estimate of drug-likeness (QED) is 0.888. The van der Waals surface area contributed by atoms with Gasteiger partial charge in [0.1, 0.15) is 12.0 Å². The number of halogens is 1. The summed E-state index contributed by atoms with van der Waals surface area (Å²) in [5, 5.41) is 3.28. The molecule has 1 aromatic carbocycles. The molecule has 0 saturated carbocycles. The zero-order chi connectivity index (χ0) is 12.3. The van der Waals surface area contributed by atoms with Gasteiger partial charge in [0.15, 0.2) is 0 Å². The Labute approximate surface area is 104 Å². The highest BCUT2D eigenvalue weighted by atomic mass is 35.5. The second-order valence-electron chi connectivity index (χ2n) is 3.51. The molecule has 2 aromatic rings. The third kappa shape index (κ3) is 3.01. The number of carbonyl (C=O) groups excluding carboxylic acids is 1. The molecule has 0 unspecified atom stereocenters. The maximum Gasteiger partial charge on any atom is 0.274 e. The summed E-state index contributed by atoms with van der Waals surface area (Å²) in [6, 6.07) is 8.57. The van der Waals surface area contributed by atoms with E-state index < -0.39 is 0 Å². The molecule has 0 atom stereocenters. The van der Waals surface area contributed by atoms with Gasteiger partial charge in [0.05, 0.1) is 0 Å². The Hall–Kier alpha value is -1.94. The molecule has 0 aliphatic rings. The average Bonchev–Trinajstić information content (AvgIpc) is 2.29.